The normalized spacial score (nSPS) is 14.5. The molecule has 7 heteroatoms. The third-order valence-electron chi connectivity index (χ3n) is 7.30. The molecule has 0 radical (unpaired) electrons. The summed E-state index contributed by atoms with van der Waals surface area (Å²) in [7, 11) is 0. The SMILES string of the molecule is c1cc(-c2ccncc2)c2cc(-c3n[nH]c4cnc(-c5cncc(CN6CCCCC6)c5)cc34)[nH]c2c1. The molecule has 1 saturated heterocycles. The zero-order valence-electron chi connectivity index (χ0n) is 20.5. The van der Waals surface area contributed by atoms with Gasteiger partial charge in [0, 0.05) is 53.2 Å². The van der Waals surface area contributed by atoms with Crippen LogP contribution in [-0.4, -0.2) is 48.1 Å². The van der Waals surface area contributed by atoms with Gasteiger partial charge in [0.25, 0.3) is 0 Å². The molecule has 0 saturated carbocycles. The second kappa shape index (κ2) is 9.26. The number of hydrogen-bond donors (Lipinski definition) is 2. The van der Waals surface area contributed by atoms with Crippen LogP contribution in [0.15, 0.2) is 79.5 Å². The Hall–Kier alpha value is -4.36. The Bertz CT molecular complexity index is 1690. The number of nitrogens with zero attached hydrogens (tertiary/aromatic N) is 5. The number of pyridine rings is 3. The predicted molar refractivity (Wildman–Crippen MR) is 147 cm³/mol. The van der Waals surface area contributed by atoms with Gasteiger partial charge in [0.1, 0.15) is 5.69 Å². The highest BCUT2D eigenvalue weighted by Gasteiger charge is 2.16. The largest absolute Gasteiger partial charge is 0.353 e. The maximum absolute atomic E-state index is 4.73. The van der Waals surface area contributed by atoms with Crippen molar-refractivity contribution in [3.8, 4) is 33.8 Å². The Morgan fingerprint density at radius 2 is 1.68 bits per heavy atom. The van der Waals surface area contributed by atoms with Crippen LogP contribution in [-0.2, 0) is 6.54 Å². The van der Waals surface area contributed by atoms with Gasteiger partial charge >= 0.3 is 0 Å². The third kappa shape index (κ3) is 4.17. The summed E-state index contributed by atoms with van der Waals surface area (Å²) in [4.78, 5) is 19.5. The first-order valence-electron chi connectivity index (χ1n) is 12.9. The van der Waals surface area contributed by atoms with Gasteiger partial charge in [-0.25, -0.2) is 0 Å². The lowest BCUT2D eigenvalue weighted by molar-refractivity contribution is 0.220. The predicted octanol–water partition coefficient (Wildman–Crippen LogP) is 6.22. The number of benzene rings is 1. The van der Waals surface area contributed by atoms with E-state index in [9.17, 15) is 0 Å². The standard InChI is InChI=1S/C30H27N7/c1-2-11-37(12-3-1)19-20-13-22(17-32-16-20)27-15-25-29(18-33-27)35-36-30(25)28-14-24-23(5-4-6-26(24)34-28)21-7-9-31-10-8-21/h4-10,13-18,34H,1-3,11-12,19H2,(H,35,36). The van der Waals surface area contributed by atoms with Crippen LogP contribution in [0, 0.1) is 0 Å². The van der Waals surface area contributed by atoms with E-state index in [0.717, 1.165) is 56.6 Å². The fraction of sp³-hybridized carbons (Fsp3) is 0.200. The van der Waals surface area contributed by atoms with E-state index in [0.29, 0.717) is 0 Å². The summed E-state index contributed by atoms with van der Waals surface area (Å²) in [6, 6.07) is 16.9. The number of aromatic nitrogens is 6. The lowest BCUT2D eigenvalue weighted by Gasteiger charge is -2.26. The molecule has 2 N–H and O–H groups in total. The van der Waals surface area contributed by atoms with E-state index >= 15 is 0 Å². The second-order valence-corrected chi connectivity index (χ2v) is 9.79. The van der Waals surface area contributed by atoms with E-state index in [1.165, 1.54) is 43.5 Å². The van der Waals surface area contributed by atoms with E-state index in [2.05, 4.69) is 66.4 Å². The molecule has 0 bridgehead atoms. The molecule has 5 aromatic heterocycles. The van der Waals surface area contributed by atoms with Crippen molar-refractivity contribution in [3.63, 3.8) is 0 Å². The molecule has 1 aromatic carbocycles. The van der Waals surface area contributed by atoms with E-state index in [1.807, 2.05) is 43.1 Å². The molecule has 0 atom stereocenters. The Morgan fingerprint density at radius 1 is 0.784 bits per heavy atom. The lowest BCUT2D eigenvalue weighted by atomic mass is 10.0. The molecule has 0 aliphatic carbocycles. The molecule has 6 aromatic rings. The van der Waals surface area contributed by atoms with Crippen LogP contribution in [0.1, 0.15) is 24.8 Å². The molecule has 37 heavy (non-hydrogen) atoms. The number of piperidine rings is 1. The van der Waals surface area contributed by atoms with Crippen LogP contribution < -0.4 is 0 Å². The Kier molecular flexibility index (Phi) is 5.48. The number of nitrogens with one attached hydrogen (secondary N) is 2. The van der Waals surface area contributed by atoms with Crippen molar-refractivity contribution in [3.05, 3.63) is 85.1 Å². The first-order chi connectivity index (χ1) is 18.3. The highest BCUT2D eigenvalue weighted by Crippen LogP contribution is 2.34. The highest BCUT2D eigenvalue weighted by molar-refractivity contribution is 6.01. The molecule has 0 amide bonds. The monoisotopic (exact) mass is 485 g/mol. The molecular formula is C30H27N7. The lowest BCUT2D eigenvalue weighted by Crippen LogP contribution is -2.29. The summed E-state index contributed by atoms with van der Waals surface area (Å²) >= 11 is 0. The summed E-state index contributed by atoms with van der Waals surface area (Å²) in [5.74, 6) is 0. The smallest absolute Gasteiger partial charge is 0.116 e. The van der Waals surface area contributed by atoms with Gasteiger partial charge in [-0.3, -0.25) is 25.0 Å². The second-order valence-electron chi connectivity index (χ2n) is 9.79. The van der Waals surface area contributed by atoms with Crippen molar-refractivity contribution < 1.29 is 0 Å². The first kappa shape index (κ1) is 21.9. The van der Waals surface area contributed by atoms with Gasteiger partial charge in [0.2, 0.25) is 0 Å². The van der Waals surface area contributed by atoms with E-state index in [4.69, 9.17) is 4.98 Å². The summed E-state index contributed by atoms with van der Waals surface area (Å²) in [6.45, 7) is 3.27. The van der Waals surface area contributed by atoms with Crippen LogP contribution in [0.5, 0.6) is 0 Å². The summed E-state index contributed by atoms with van der Waals surface area (Å²) < 4.78 is 0. The average Bonchev–Trinajstić information content (AvgIpc) is 3.58. The topological polar surface area (TPSA) is 86.4 Å². The van der Waals surface area contributed by atoms with Crippen molar-refractivity contribution in [2.45, 2.75) is 25.8 Å². The fourth-order valence-corrected chi connectivity index (χ4v) is 5.44. The Labute approximate surface area is 214 Å². The molecule has 182 valence electrons. The van der Waals surface area contributed by atoms with Gasteiger partial charge in [-0.2, -0.15) is 5.10 Å². The van der Waals surface area contributed by atoms with E-state index in [-0.39, 0.29) is 0 Å². The number of fused-ring (bicyclic) bond motifs is 2. The molecule has 1 aliphatic rings. The minimum atomic E-state index is 0.882. The number of H-pyrrole nitrogens is 2. The van der Waals surface area contributed by atoms with Gasteiger partial charge in [-0.15, -0.1) is 0 Å². The first-order valence-corrected chi connectivity index (χ1v) is 12.9. The highest BCUT2D eigenvalue weighted by atomic mass is 15.1. The molecule has 1 fully saturated rings. The van der Waals surface area contributed by atoms with Crippen molar-refractivity contribution in [2.24, 2.45) is 0 Å². The van der Waals surface area contributed by atoms with Crippen LogP contribution >= 0.6 is 0 Å². The Morgan fingerprint density at radius 3 is 2.57 bits per heavy atom. The molecule has 0 unspecified atom stereocenters. The zero-order valence-corrected chi connectivity index (χ0v) is 20.5. The van der Waals surface area contributed by atoms with Crippen LogP contribution in [0.25, 0.3) is 55.6 Å². The summed E-state index contributed by atoms with van der Waals surface area (Å²) in [6.07, 6.45) is 13.3. The van der Waals surface area contributed by atoms with Crippen molar-refractivity contribution in [1.82, 2.24) is 35.0 Å². The molecule has 0 spiro atoms. The molecule has 7 nitrogen and oxygen atoms in total. The van der Waals surface area contributed by atoms with Gasteiger partial charge in [0.05, 0.1) is 23.1 Å². The maximum atomic E-state index is 4.73. The number of aromatic amines is 2. The summed E-state index contributed by atoms with van der Waals surface area (Å²) in [5, 5.41) is 10.0. The van der Waals surface area contributed by atoms with Crippen molar-refractivity contribution >= 4 is 21.8 Å². The number of hydrogen-bond acceptors (Lipinski definition) is 5. The van der Waals surface area contributed by atoms with Gasteiger partial charge < -0.3 is 4.98 Å². The fourth-order valence-electron chi connectivity index (χ4n) is 5.44. The maximum Gasteiger partial charge on any atom is 0.116 e. The van der Waals surface area contributed by atoms with Crippen molar-refractivity contribution in [2.75, 3.05) is 13.1 Å². The van der Waals surface area contributed by atoms with Gasteiger partial charge in [-0.1, -0.05) is 18.6 Å². The third-order valence-corrected chi connectivity index (χ3v) is 7.30. The minimum absolute atomic E-state index is 0.882. The molecule has 7 rings (SSSR count). The summed E-state index contributed by atoms with van der Waals surface area (Å²) in [5.41, 5.74) is 9.30. The van der Waals surface area contributed by atoms with E-state index in [1.54, 1.807) is 0 Å². The van der Waals surface area contributed by atoms with Crippen LogP contribution in [0.3, 0.4) is 0 Å². The van der Waals surface area contributed by atoms with Crippen LogP contribution in [0.4, 0.5) is 0 Å². The molecule has 1 aliphatic heterocycles. The number of likely N-dealkylation sites (tertiary alicyclic amines) is 1. The zero-order chi connectivity index (χ0) is 24.6. The van der Waals surface area contributed by atoms with Gasteiger partial charge in [-0.05, 0) is 79.0 Å². The molecule has 6 heterocycles. The van der Waals surface area contributed by atoms with Crippen LogP contribution in [0.2, 0.25) is 0 Å². The Balaban J connectivity index is 1.26. The average molecular weight is 486 g/mol. The van der Waals surface area contributed by atoms with E-state index < -0.39 is 0 Å². The number of rotatable bonds is 5. The van der Waals surface area contributed by atoms with Crippen molar-refractivity contribution in [1.29, 1.82) is 0 Å². The molecular weight excluding hydrogens is 458 g/mol. The quantitative estimate of drug-likeness (QED) is 0.303. The van der Waals surface area contributed by atoms with Gasteiger partial charge in [0.15, 0.2) is 0 Å². The minimum Gasteiger partial charge on any atom is -0.353 e.